The molecule has 44 valence electrons. The Kier molecular flexibility index (Phi) is 5.25. The summed E-state index contributed by atoms with van der Waals surface area (Å²) in [6.45, 7) is 0. The Balaban J connectivity index is 0. The molecule has 8 heavy (non-hydrogen) atoms. The van der Waals surface area contributed by atoms with E-state index in [9.17, 15) is 17.6 Å². The molecule has 0 aliphatic carbocycles. The van der Waals surface area contributed by atoms with E-state index in [1.807, 2.05) is 0 Å². The third-order valence-corrected chi connectivity index (χ3v) is 0.254. The Morgan fingerprint density at radius 3 is 1.38 bits per heavy atom. The van der Waals surface area contributed by atoms with Gasteiger partial charge in [-0.15, -0.1) is 0 Å². The molecule has 0 aromatic rings. The van der Waals surface area contributed by atoms with Gasteiger partial charge in [0.05, 0.1) is 0 Å². The molecular weight excluding hydrogens is 139 g/mol. The van der Waals surface area contributed by atoms with Crippen LogP contribution >= 0.6 is 0 Å². The molecule has 0 spiro atoms. The van der Waals surface area contributed by atoms with Crippen LogP contribution in [0.25, 0.3) is 0 Å². The van der Waals surface area contributed by atoms with Crippen LogP contribution in [0.5, 0.6) is 0 Å². The average molecular weight is 140 g/mol. The molecule has 0 saturated heterocycles. The van der Waals surface area contributed by atoms with E-state index in [0.717, 1.165) is 0 Å². The first-order valence-electron chi connectivity index (χ1n) is 1.31. The van der Waals surface area contributed by atoms with Gasteiger partial charge in [-0.3, -0.25) is 0 Å². The predicted octanol–water partition coefficient (Wildman–Crippen LogP) is -2.79. The van der Waals surface area contributed by atoms with E-state index >= 15 is 0 Å². The quantitative estimate of drug-likeness (QED) is 0.285. The molecule has 0 amide bonds. The minimum atomic E-state index is -5.08. The van der Waals surface area contributed by atoms with Crippen LogP contribution in [0.4, 0.5) is 17.6 Å². The molecule has 1 nitrogen and oxygen atoms in total. The maximum absolute atomic E-state index is 10.5. The standard InChI is InChI=1S/C2HF4O.Na/c3-1(4)2(5,6)7;/h1H;/q-1;+1. The molecule has 0 aliphatic heterocycles. The third kappa shape index (κ3) is 4.83. The van der Waals surface area contributed by atoms with Crippen LogP contribution in [0.2, 0.25) is 0 Å². The van der Waals surface area contributed by atoms with Crippen molar-refractivity contribution in [2.75, 3.05) is 0 Å². The van der Waals surface area contributed by atoms with E-state index in [1.54, 1.807) is 0 Å². The normalized spacial score (nSPS) is 11.2. The molecule has 0 fully saturated rings. The summed E-state index contributed by atoms with van der Waals surface area (Å²) in [6, 6.07) is 0. The molecule has 0 bridgehead atoms. The number of rotatable bonds is 1. The number of halogens is 4. The van der Waals surface area contributed by atoms with Crippen molar-refractivity contribution in [3.63, 3.8) is 0 Å². The minimum Gasteiger partial charge on any atom is -0.794 e. The van der Waals surface area contributed by atoms with Crippen molar-refractivity contribution in [2.45, 2.75) is 12.5 Å². The number of hydrogen-bond acceptors (Lipinski definition) is 1. The Morgan fingerprint density at radius 1 is 1.25 bits per heavy atom. The van der Waals surface area contributed by atoms with E-state index < -0.39 is 12.5 Å². The summed E-state index contributed by atoms with van der Waals surface area (Å²) >= 11 is 0. The summed E-state index contributed by atoms with van der Waals surface area (Å²) in [7, 11) is 0. The van der Waals surface area contributed by atoms with Gasteiger partial charge in [-0.05, 0) is 0 Å². The van der Waals surface area contributed by atoms with Crippen LogP contribution in [0.15, 0.2) is 0 Å². The van der Waals surface area contributed by atoms with Crippen LogP contribution in [0.3, 0.4) is 0 Å². The zero-order valence-corrected chi connectivity index (χ0v) is 6.00. The summed E-state index contributed by atoms with van der Waals surface area (Å²) in [5.41, 5.74) is 0. The van der Waals surface area contributed by atoms with Gasteiger partial charge in [0.15, 0.2) is 0 Å². The third-order valence-electron chi connectivity index (χ3n) is 0.254. The molecule has 0 radical (unpaired) electrons. The van der Waals surface area contributed by atoms with Crippen LogP contribution < -0.4 is 34.7 Å². The van der Waals surface area contributed by atoms with Gasteiger partial charge in [-0.25, -0.2) is 17.6 Å². The topological polar surface area (TPSA) is 23.1 Å². The van der Waals surface area contributed by atoms with Gasteiger partial charge in [-0.1, -0.05) is 0 Å². The zero-order chi connectivity index (χ0) is 6.08. The second-order valence-electron chi connectivity index (χ2n) is 0.862. The van der Waals surface area contributed by atoms with Gasteiger partial charge in [-0.2, -0.15) is 0 Å². The van der Waals surface area contributed by atoms with E-state index in [-0.39, 0.29) is 29.6 Å². The summed E-state index contributed by atoms with van der Waals surface area (Å²) in [5.74, 6) is 0. The second kappa shape index (κ2) is 3.66. The molecule has 0 atom stereocenters. The molecule has 6 heteroatoms. The number of alkyl halides is 4. The van der Waals surface area contributed by atoms with E-state index in [1.165, 1.54) is 0 Å². The van der Waals surface area contributed by atoms with Crippen LogP contribution in [-0.2, 0) is 0 Å². The van der Waals surface area contributed by atoms with Crippen LogP contribution in [-0.4, -0.2) is 12.5 Å². The van der Waals surface area contributed by atoms with E-state index in [4.69, 9.17) is 5.11 Å². The van der Waals surface area contributed by atoms with Crippen molar-refractivity contribution in [1.82, 2.24) is 0 Å². The monoisotopic (exact) mass is 140 g/mol. The molecule has 0 aliphatic rings. The van der Waals surface area contributed by atoms with Gasteiger partial charge in [0.25, 0.3) is 6.43 Å². The van der Waals surface area contributed by atoms with Crippen LogP contribution in [0.1, 0.15) is 0 Å². The smallest absolute Gasteiger partial charge is 0.794 e. The Morgan fingerprint density at radius 2 is 1.38 bits per heavy atom. The average Bonchev–Trinajstić information content (AvgIpc) is 1.31. The first kappa shape index (κ1) is 11.5. The van der Waals surface area contributed by atoms with E-state index in [2.05, 4.69) is 0 Å². The first-order valence-corrected chi connectivity index (χ1v) is 1.31. The van der Waals surface area contributed by atoms with Crippen molar-refractivity contribution in [3.05, 3.63) is 0 Å². The van der Waals surface area contributed by atoms with Crippen molar-refractivity contribution >= 4 is 0 Å². The maximum Gasteiger partial charge on any atom is 1.00 e. The van der Waals surface area contributed by atoms with Crippen molar-refractivity contribution in [3.8, 4) is 0 Å². The van der Waals surface area contributed by atoms with Gasteiger partial charge in [0, 0.05) is 0 Å². The molecular formula is C2HF4NaO. The van der Waals surface area contributed by atoms with Crippen LogP contribution in [0, 0.1) is 0 Å². The second-order valence-corrected chi connectivity index (χ2v) is 0.862. The summed E-state index contributed by atoms with van der Waals surface area (Å²) in [6.07, 6.45) is -9.17. The fraction of sp³-hybridized carbons (Fsp3) is 1.00. The Hall–Kier alpha value is 0.680. The Bertz CT molecular complexity index is 59.5. The molecule has 0 saturated carbocycles. The fourth-order valence-corrected chi connectivity index (χ4v) is 0. The molecule has 0 aromatic carbocycles. The number of hydrogen-bond donors (Lipinski definition) is 0. The predicted molar refractivity (Wildman–Crippen MR) is 11.0 cm³/mol. The molecule has 0 rings (SSSR count). The van der Waals surface area contributed by atoms with Crippen molar-refractivity contribution in [2.24, 2.45) is 0 Å². The van der Waals surface area contributed by atoms with Crippen molar-refractivity contribution in [1.29, 1.82) is 0 Å². The van der Waals surface area contributed by atoms with E-state index in [0.29, 0.717) is 0 Å². The van der Waals surface area contributed by atoms with Gasteiger partial charge in [0.1, 0.15) is 0 Å². The first-order chi connectivity index (χ1) is 2.94. The van der Waals surface area contributed by atoms with Gasteiger partial charge in [0.2, 0.25) is 6.11 Å². The van der Waals surface area contributed by atoms with Crippen molar-refractivity contribution < 1.29 is 52.2 Å². The summed E-state index contributed by atoms with van der Waals surface area (Å²) in [4.78, 5) is 0. The van der Waals surface area contributed by atoms with Gasteiger partial charge < -0.3 is 5.11 Å². The van der Waals surface area contributed by atoms with Gasteiger partial charge >= 0.3 is 29.6 Å². The Labute approximate surface area is 65.0 Å². The molecule has 0 aromatic heterocycles. The molecule has 0 N–H and O–H groups in total. The summed E-state index contributed by atoms with van der Waals surface area (Å²) < 4.78 is 42.0. The SMILES string of the molecule is [Na+].[O-]C(F)(F)C(F)F. The molecule has 0 heterocycles. The largest absolute Gasteiger partial charge is 1.00 e. The zero-order valence-electron chi connectivity index (χ0n) is 4.00. The maximum atomic E-state index is 10.5. The summed E-state index contributed by atoms with van der Waals surface area (Å²) in [5, 5.41) is 8.72. The fourth-order valence-electron chi connectivity index (χ4n) is 0. The molecule has 0 unspecified atom stereocenters. The minimum absolute atomic E-state index is 0.